The van der Waals surface area contributed by atoms with Crippen molar-refractivity contribution in [2.75, 3.05) is 38.2 Å². The molecule has 0 spiro atoms. The first-order chi connectivity index (χ1) is 5.83. The third-order valence-corrected chi connectivity index (χ3v) is 2.88. The smallest absolute Gasteiger partial charge is 0.0166 e. The summed E-state index contributed by atoms with van der Waals surface area (Å²) in [5.74, 6) is 1.27. The van der Waals surface area contributed by atoms with Gasteiger partial charge >= 0.3 is 0 Å². The maximum atomic E-state index is 3.50. The minimum atomic E-state index is 0.675. The van der Waals surface area contributed by atoms with Gasteiger partial charge in [-0.3, -0.25) is 0 Å². The Labute approximate surface area is 80.1 Å². The Balaban J connectivity index is 2.21. The zero-order valence-electron chi connectivity index (χ0n) is 8.18. The summed E-state index contributed by atoms with van der Waals surface area (Å²) >= 11 is 1.94. The number of hydrogen-bond acceptors (Lipinski definition) is 3. The second kappa shape index (κ2) is 5.84. The average Bonchev–Trinajstić information content (AvgIpc) is 2.26. The second-order valence-electron chi connectivity index (χ2n) is 3.50. The number of thioether (sulfide) groups is 1. The van der Waals surface area contributed by atoms with Crippen LogP contribution in [0.25, 0.3) is 0 Å². The minimum absolute atomic E-state index is 0.675. The summed E-state index contributed by atoms with van der Waals surface area (Å²) in [6.07, 6.45) is 3.48. The Morgan fingerprint density at radius 2 is 2.42 bits per heavy atom. The highest BCUT2D eigenvalue weighted by molar-refractivity contribution is 7.98. The van der Waals surface area contributed by atoms with Gasteiger partial charge < -0.3 is 10.2 Å². The van der Waals surface area contributed by atoms with Gasteiger partial charge in [-0.05, 0) is 32.7 Å². The molecule has 0 aromatic rings. The first kappa shape index (κ1) is 10.4. The van der Waals surface area contributed by atoms with Gasteiger partial charge in [-0.15, -0.1) is 0 Å². The molecule has 1 saturated heterocycles. The molecule has 0 aliphatic carbocycles. The molecule has 0 bridgehead atoms. The van der Waals surface area contributed by atoms with Gasteiger partial charge in [0.05, 0.1) is 0 Å². The van der Waals surface area contributed by atoms with E-state index in [1.54, 1.807) is 0 Å². The number of hydrogen-bond donors (Lipinski definition) is 1. The fraction of sp³-hybridized carbons (Fsp3) is 1.00. The van der Waals surface area contributed by atoms with Crippen molar-refractivity contribution in [1.29, 1.82) is 0 Å². The lowest BCUT2D eigenvalue weighted by Gasteiger charge is -2.21. The molecule has 1 N–H and O–H groups in total. The van der Waals surface area contributed by atoms with Crippen molar-refractivity contribution >= 4 is 11.8 Å². The molecular weight excluding hydrogens is 168 g/mol. The standard InChI is InChI=1S/C9H20N2S/c1-9-8-11(6-7-12-2)5-3-4-10-9/h9-10H,3-8H2,1-2H3. The van der Waals surface area contributed by atoms with Crippen LogP contribution in [0.4, 0.5) is 0 Å². The van der Waals surface area contributed by atoms with Gasteiger partial charge in [-0.25, -0.2) is 0 Å². The van der Waals surface area contributed by atoms with Gasteiger partial charge in [0.2, 0.25) is 0 Å². The van der Waals surface area contributed by atoms with Crippen molar-refractivity contribution in [1.82, 2.24) is 10.2 Å². The average molecular weight is 188 g/mol. The van der Waals surface area contributed by atoms with Crippen LogP contribution in [0.3, 0.4) is 0 Å². The fourth-order valence-corrected chi connectivity index (χ4v) is 2.06. The third kappa shape index (κ3) is 3.78. The molecule has 2 nitrogen and oxygen atoms in total. The molecular formula is C9H20N2S. The number of nitrogens with one attached hydrogen (secondary N) is 1. The monoisotopic (exact) mass is 188 g/mol. The maximum absolute atomic E-state index is 3.50. The summed E-state index contributed by atoms with van der Waals surface area (Å²) in [5.41, 5.74) is 0. The number of nitrogens with zero attached hydrogens (tertiary/aromatic N) is 1. The van der Waals surface area contributed by atoms with E-state index >= 15 is 0 Å². The first-order valence-corrected chi connectivity index (χ1v) is 6.17. The van der Waals surface area contributed by atoms with Gasteiger partial charge in [0.25, 0.3) is 0 Å². The summed E-state index contributed by atoms with van der Waals surface area (Å²) in [6, 6.07) is 0.675. The lowest BCUT2D eigenvalue weighted by molar-refractivity contribution is 0.289. The van der Waals surface area contributed by atoms with Crippen LogP contribution in [0.15, 0.2) is 0 Å². The van der Waals surface area contributed by atoms with Gasteiger partial charge in [0.15, 0.2) is 0 Å². The molecule has 0 aromatic heterocycles. The van der Waals surface area contributed by atoms with Crippen LogP contribution in [0.1, 0.15) is 13.3 Å². The van der Waals surface area contributed by atoms with E-state index in [0.29, 0.717) is 6.04 Å². The Morgan fingerprint density at radius 3 is 3.17 bits per heavy atom. The molecule has 3 heteroatoms. The Kier molecular flexibility index (Phi) is 5.04. The summed E-state index contributed by atoms with van der Waals surface area (Å²) in [7, 11) is 0. The van der Waals surface area contributed by atoms with Gasteiger partial charge in [0, 0.05) is 24.9 Å². The van der Waals surface area contributed by atoms with E-state index in [-0.39, 0.29) is 0 Å². The molecule has 12 heavy (non-hydrogen) atoms. The van der Waals surface area contributed by atoms with Crippen LogP contribution in [-0.4, -0.2) is 49.1 Å². The summed E-state index contributed by atoms with van der Waals surface area (Å²) in [4.78, 5) is 2.57. The van der Waals surface area contributed by atoms with E-state index in [9.17, 15) is 0 Å². The summed E-state index contributed by atoms with van der Waals surface area (Å²) in [5, 5.41) is 3.50. The third-order valence-electron chi connectivity index (χ3n) is 2.29. The van der Waals surface area contributed by atoms with Crippen LogP contribution < -0.4 is 5.32 Å². The molecule has 1 rings (SSSR count). The highest BCUT2D eigenvalue weighted by Gasteiger charge is 2.12. The Bertz CT molecular complexity index is 119. The highest BCUT2D eigenvalue weighted by Crippen LogP contribution is 2.02. The molecule has 1 heterocycles. The van der Waals surface area contributed by atoms with E-state index in [4.69, 9.17) is 0 Å². The minimum Gasteiger partial charge on any atom is -0.313 e. The molecule has 0 saturated carbocycles. The Morgan fingerprint density at radius 1 is 1.58 bits per heavy atom. The van der Waals surface area contributed by atoms with Crippen molar-refractivity contribution in [3.63, 3.8) is 0 Å². The molecule has 0 aromatic carbocycles. The topological polar surface area (TPSA) is 15.3 Å². The van der Waals surface area contributed by atoms with Crippen LogP contribution >= 0.6 is 11.8 Å². The molecule has 72 valence electrons. The molecule has 1 unspecified atom stereocenters. The quantitative estimate of drug-likeness (QED) is 0.712. The van der Waals surface area contributed by atoms with E-state index in [0.717, 1.165) is 0 Å². The lowest BCUT2D eigenvalue weighted by atomic mass is 10.3. The first-order valence-electron chi connectivity index (χ1n) is 4.77. The van der Waals surface area contributed by atoms with Crippen molar-refractivity contribution < 1.29 is 0 Å². The van der Waals surface area contributed by atoms with Crippen molar-refractivity contribution in [2.24, 2.45) is 0 Å². The van der Waals surface area contributed by atoms with E-state index in [1.807, 2.05) is 11.8 Å². The molecule has 1 atom stereocenters. The highest BCUT2D eigenvalue weighted by atomic mass is 32.2. The second-order valence-corrected chi connectivity index (χ2v) is 4.49. The lowest BCUT2D eigenvalue weighted by Crippen LogP contribution is -2.36. The Hall–Kier alpha value is 0.270. The zero-order valence-corrected chi connectivity index (χ0v) is 8.99. The normalized spacial score (nSPS) is 27.0. The summed E-state index contributed by atoms with van der Waals surface area (Å²) in [6.45, 7) is 7.22. The van der Waals surface area contributed by atoms with Crippen LogP contribution in [-0.2, 0) is 0 Å². The van der Waals surface area contributed by atoms with Crippen molar-refractivity contribution in [3.05, 3.63) is 0 Å². The van der Waals surface area contributed by atoms with E-state index in [1.165, 1.54) is 38.4 Å². The molecule has 1 aliphatic rings. The van der Waals surface area contributed by atoms with E-state index < -0.39 is 0 Å². The zero-order chi connectivity index (χ0) is 8.81. The molecule has 0 amide bonds. The molecule has 1 aliphatic heterocycles. The van der Waals surface area contributed by atoms with Crippen LogP contribution in [0.5, 0.6) is 0 Å². The van der Waals surface area contributed by atoms with Gasteiger partial charge in [-0.2, -0.15) is 11.8 Å². The largest absolute Gasteiger partial charge is 0.313 e. The predicted molar refractivity (Wildman–Crippen MR) is 56.9 cm³/mol. The van der Waals surface area contributed by atoms with Gasteiger partial charge in [-0.1, -0.05) is 0 Å². The number of rotatable bonds is 3. The maximum Gasteiger partial charge on any atom is 0.0166 e. The SMILES string of the molecule is CSCCN1CCCNC(C)C1. The van der Waals surface area contributed by atoms with Crippen molar-refractivity contribution in [3.8, 4) is 0 Å². The molecule has 0 radical (unpaired) electrons. The van der Waals surface area contributed by atoms with Gasteiger partial charge in [0.1, 0.15) is 0 Å². The summed E-state index contributed by atoms with van der Waals surface area (Å²) < 4.78 is 0. The van der Waals surface area contributed by atoms with Crippen molar-refractivity contribution in [2.45, 2.75) is 19.4 Å². The molecule has 1 fully saturated rings. The van der Waals surface area contributed by atoms with Crippen LogP contribution in [0, 0.1) is 0 Å². The van der Waals surface area contributed by atoms with Crippen LogP contribution in [0.2, 0.25) is 0 Å². The predicted octanol–water partition coefficient (Wildman–Crippen LogP) is 1.03. The van der Waals surface area contributed by atoms with E-state index in [2.05, 4.69) is 23.4 Å². The fourth-order valence-electron chi connectivity index (χ4n) is 1.62.